The molecule has 3 amide bonds. The molecule has 2 aromatic carbocycles. The fraction of sp³-hybridized carbons (Fsp3) is 0.0833. The number of rotatable bonds is 7. The van der Waals surface area contributed by atoms with Crippen LogP contribution < -0.4 is 21.1 Å². The number of benzene rings is 2. The number of ether oxygens (including phenoxy) is 1. The zero-order chi connectivity index (χ0) is 24.2. The first-order chi connectivity index (χ1) is 16.3. The molecule has 0 bridgehead atoms. The number of carbonyl (C=O) groups excluding carboxylic acids is 3. The minimum atomic E-state index is -1.48. The van der Waals surface area contributed by atoms with Crippen molar-refractivity contribution < 1.29 is 23.5 Å². The van der Waals surface area contributed by atoms with Gasteiger partial charge in [-0.05, 0) is 42.0 Å². The second-order valence-electron chi connectivity index (χ2n) is 7.39. The third kappa shape index (κ3) is 4.70. The van der Waals surface area contributed by atoms with Gasteiger partial charge in [-0.3, -0.25) is 14.4 Å². The summed E-state index contributed by atoms with van der Waals surface area (Å²) < 4.78 is 20.6. The predicted octanol–water partition coefficient (Wildman–Crippen LogP) is 3.66. The van der Waals surface area contributed by atoms with Crippen LogP contribution in [0, 0.1) is 5.82 Å². The molecule has 2 aromatic heterocycles. The molecular formula is C24H20FN5O4. The third-order valence-electron chi connectivity index (χ3n) is 4.97. The molecule has 0 spiro atoms. The molecule has 9 nitrogen and oxygen atoms in total. The van der Waals surface area contributed by atoms with Crippen molar-refractivity contribution in [2.24, 2.45) is 5.73 Å². The number of aromatic amines is 1. The molecule has 0 saturated carbocycles. The van der Waals surface area contributed by atoms with E-state index in [1.807, 2.05) is 0 Å². The highest BCUT2D eigenvalue weighted by molar-refractivity contribution is 6.12. The summed E-state index contributed by atoms with van der Waals surface area (Å²) in [4.78, 5) is 43.5. The van der Waals surface area contributed by atoms with Crippen LogP contribution >= 0.6 is 0 Å². The first kappa shape index (κ1) is 22.5. The molecule has 5 N–H and O–H groups in total. The van der Waals surface area contributed by atoms with Gasteiger partial charge in [0.05, 0.1) is 16.8 Å². The van der Waals surface area contributed by atoms with Crippen molar-refractivity contribution in [3.8, 4) is 11.5 Å². The van der Waals surface area contributed by atoms with Crippen LogP contribution in [0.25, 0.3) is 11.0 Å². The number of para-hydroxylation sites is 2. The quantitative estimate of drug-likeness (QED) is 0.311. The fourth-order valence-electron chi connectivity index (χ4n) is 3.46. The number of halogens is 1. The lowest BCUT2D eigenvalue weighted by molar-refractivity contribution is -0.127. The SMILES string of the molecule is CC(=O)Nc1ccccc1NC(=O)C(C(N)=O)c1ccc(Oc2ccnc3[nH]ccc23)c(F)c1. The fourth-order valence-corrected chi connectivity index (χ4v) is 3.46. The summed E-state index contributed by atoms with van der Waals surface area (Å²) in [6.07, 6.45) is 3.21. The number of hydrogen-bond donors (Lipinski definition) is 4. The molecule has 0 aliphatic heterocycles. The average molecular weight is 461 g/mol. The number of hydrogen-bond acceptors (Lipinski definition) is 5. The van der Waals surface area contributed by atoms with Crippen molar-refractivity contribution in [1.82, 2.24) is 9.97 Å². The van der Waals surface area contributed by atoms with E-state index < -0.39 is 23.5 Å². The first-order valence-electron chi connectivity index (χ1n) is 10.2. The van der Waals surface area contributed by atoms with Gasteiger partial charge in [0.15, 0.2) is 11.6 Å². The van der Waals surface area contributed by atoms with Gasteiger partial charge >= 0.3 is 0 Å². The molecule has 0 radical (unpaired) electrons. The van der Waals surface area contributed by atoms with Crippen LogP contribution in [0.3, 0.4) is 0 Å². The van der Waals surface area contributed by atoms with Crippen molar-refractivity contribution in [3.63, 3.8) is 0 Å². The van der Waals surface area contributed by atoms with Gasteiger partial charge < -0.3 is 26.1 Å². The summed E-state index contributed by atoms with van der Waals surface area (Å²) in [5.41, 5.74) is 6.71. The normalized spacial score (nSPS) is 11.6. The molecule has 4 aromatic rings. The van der Waals surface area contributed by atoms with Crippen LogP contribution in [0.5, 0.6) is 11.5 Å². The van der Waals surface area contributed by atoms with E-state index in [1.54, 1.807) is 42.6 Å². The number of pyridine rings is 1. The Kier molecular flexibility index (Phi) is 6.22. The number of fused-ring (bicyclic) bond motifs is 1. The summed E-state index contributed by atoms with van der Waals surface area (Å²) in [7, 11) is 0. The number of anilines is 2. The number of aromatic nitrogens is 2. The Morgan fingerprint density at radius 2 is 1.76 bits per heavy atom. The van der Waals surface area contributed by atoms with Gasteiger partial charge in [-0.2, -0.15) is 0 Å². The van der Waals surface area contributed by atoms with Crippen LogP contribution in [0.15, 0.2) is 67.0 Å². The number of nitrogens with one attached hydrogen (secondary N) is 3. The monoisotopic (exact) mass is 461 g/mol. The highest BCUT2D eigenvalue weighted by Crippen LogP contribution is 2.32. The van der Waals surface area contributed by atoms with Crippen LogP contribution in [0.4, 0.5) is 15.8 Å². The van der Waals surface area contributed by atoms with E-state index in [1.165, 1.54) is 25.3 Å². The van der Waals surface area contributed by atoms with Gasteiger partial charge in [-0.1, -0.05) is 18.2 Å². The Labute approximate surface area is 193 Å². The van der Waals surface area contributed by atoms with E-state index in [0.717, 1.165) is 6.07 Å². The zero-order valence-corrected chi connectivity index (χ0v) is 18.0. The molecule has 0 fully saturated rings. The first-order valence-corrected chi connectivity index (χ1v) is 10.2. The largest absolute Gasteiger partial charge is 0.453 e. The minimum Gasteiger partial charge on any atom is -0.453 e. The smallest absolute Gasteiger partial charge is 0.241 e. The summed E-state index contributed by atoms with van der Waals surface area (Å²) in [6, 6.07) is 13.5. The van der Waals surface area contributed by atoms with E-state index in [4.69, 9.17) is 10.5 Å². The molecule has 1 atom stereocenters. The highest BCUT2D eigenvalue weighted by Gasteiger charge is 2.28. The molecule has 2 heterocycles. The summed E-state index contributed by atoms with van der Waals surface area (Å²) >= 11 is 0. The topological polar surface area (TPSA) is 139 Å². The summed E-state index contributed by atoms with van der Waals surface area (Å²) in [6.45, 7) is 1.32. The number of nitrogens with two attached hydrogens (primary N) is 1. The molecule has 1 unspecified atom stereocenters. The van der Waals surface area contributed by atoms with Gasteiger partial charge in [0.1, 0.15) is 17.3 Å². The summed E-state index contributed by atoms with van der Waals surface area (Å²) in [5, 5.41) is 5.82. The van der Waals surface area contributed by atoms with E-state index >= 15 is 0 Å². The Hall–Kier alpha value is -4.73. The Balaban J connectivity index is 1.58. The predicted molar refractivity (Wildman–Crippen MR) is 124 cm³/mol. The lowest BCUT2D eigenvalue weighted by Gasteiger charge is -2.17. The summed E-state index contributed by atoms with van der Waals surface area (Å²) in [5.74, 6) is -4.06. The van der Waals surface area contributed by atoms with Gasteiger partial charge in [0, 0.05) is 19.3 Å². The van der Waals surface area contributed by atoms with E-state index in [-0.39, 0.29) is 22.9 Å². The van der Waals surface area contributed by atoms with Crippen LogP contribution in [-0.4, -0.2) is 27.7 Å². The third-order valence-corrected chi connectivity index (χ3v) is 4.97. The molecular weight excluding hydrogens is 441 g/mol. The van der Waals surface area contributed by atoms with Gasteiger partial charge in [-0.25, -0.2) is 9.37 Å². The molecule has 0 aliphatic carbocycles. The maximum atomic E-state index is 14.9. The van der Waals surface area contributed by atoms with Gasteiger partial charge in [-0.15, -0.1) is 0 Å². The standard InChI is InChI=1S/C24H20FN5O4/c1-13(31)29-17-4-2-3-5-18(17)30-24(33)21(22(26)32)14-6-7-20(16(25)12-14)34-19-9-11-28-23-15(19)8-10-27-23/h2-12,21H,1H3,(H2,26,32)(H,27,28)(H,29,31)(H,30,33). The number of amides is 3. The van der Waals surface area contributed by atoms with Crippen molar-refractivity contribution >= 4 is 40.1 Å². The van der Waals surface area contributed by atoms with Crippen molar-refractivity contribution in [2.75, 3.05) is 10.6 Å². The van der Waals surface area contributed by atoms with Crippen molar-refractivity contribution in [3.05, 3.63) is 78.4 Å². The lowest BCUT2D eigenvalue weighted by atomic mass is 9.97. The van der Waals surface area contributed by atoms with Crippen LogP contribution in [0.2, 0.25) is 0 Å². The zero-order valence-electron chi connectivity index (χ0n) is 18.0. The van der Waals surface area contributed by atoms with Crippen molar-refractivity contribution in [2.45, 2.75) is 12.8 Å². The molecule has 0 aliphatic rings. The Morgan fingerprint density at radius 3 is 2.44 bits per heavy atom. The van der Waals surface area contributed by atoms with Gasteiger partial charge in [0.25, 0.3) is 0 Å². The second kappa shape index (κ2) is 9.41. The van der Waals surface area contributed by atoms with Crippen LogP contribution in [0.1, 0.15) is 18.4 Å². The number of carbonyl (C=O) groups is 3. The molecule has 0 saturated heterocycles. The minimum absolute atomic E-state index is 0.0494. The van der Waals surface area contributed by atoms with E-state index in [0.29, 0.717) is 22.5 Å². The second-order valence-corrected chi connectivity index (χ2v) is 7.39. The lowest BCUT2D eigenvalue weighted by Crippen LogP contribution is -2.32. The molecule has 4 rings (SSSR count). The maximum Gasteiger partial charge on any atom is 0.241 e. The van der Waals surface area contributed by atoms with E-state index in [9.17, 15) is 18.8 Å². The average Bonchev–Trinajstić information content (AvgIpc) is 3.26. The Bertz CT molecular complexity index is 1400. The molecule has 172 valence electrons. The van der Waals surface area contributed by atoms with Gasteiger partial charge in [0.2, 0.25) is 17.7 Å². The van der Waals surface area contributed by atoms with Crippen LogP contribution in [-0.2, 0) is 14.4 Å². The molecule has 34 heavy (non-hydrogen) atoms. The highest BCUT2D eigenvalue weighted by atomic mass is 19.1. The van der Waals surface area contributed by atoms with E-state index in [2.05, 4.69) is 20.6 Å². The van der Waals surface area contributed by atoms with Crippen molar-refractivity contribution in [1.29, 1.82) is 0 Å². The number of H-pyrrole nitrogens is 1. The molecule has 10 heteroatoms. The Morgan fingerprint density at radius 1 is 1.03 bits per heavy atom. The number of primary amides is 1. The number of nitrogens with zero attached hydrogens (tertiary/aromatic N) is 1. The maximum absolute atomic E-state index is 14.9.